The maximum atomic E-state index is 13.9. The highest BCUT2D eigenvalue weighted by molar-refractivity contribution is 7.71. The van der Waals surface area contributed by atoms with Crippen LogP contribution in [0.5, 0.6) is 0 Å². The number of anilines is 1. The third-order valence-corrected chi connectivity index (χ3v) is 4.78. The summed E-state index contributed by atoms with van der Waals surface area (Å²) >= 11 is 5.04. The number of nitrogens with zero attached hydrogens (tertiary/aromatic N) is 2. The second kappa shape index (κ2) is 6.53. The molecule has 0 spiro atoms. The summed E-state index contributed by atoms with van der Waals surface area (Å²) < 4.78 is 28.1. The van der Waals surface area contributed by atoms with Crippen LogP contribution < -0.4 is 4.90 Å². The van der Waals surface area contributed by atoms with Crippen LogP contribution >= 0.6 is 12.2 Å². The molecule has 0 radical (unpaired) electrons. The second-order valence-electron chi connectivity index (χ2n) is 6.19. The first kappa shape index (κ1) is 16.7. The van der Waals surface area contributed by atoms with Crippen molar-refractivity contribution in [3.63, 3.8) is 0 Å². The predicted octanol–water partition coefficient (Wildman–Crippen LogP) is 3.47. The zero-order valence-electron chi connectivity index (χ0n) is 13.8. The SMILES string of the molecule is O=C(c1cc(F)cc2[nH]c(=S)[nH]c12)N1CCN(c2ccccc2F)CC1. The van der Waals surface area contributed by atoms with Crippen molar-refractivity contribution in [2.45, 2.75) is 0 Å². The van der Waals surface area contributed by atoms with Crippen LogP contribution in [-0.2, 0) is 0 Å². The number of nitrogens with one attached hydrogen (secondary N) is 2. The van der Waals surface area contributed by atoms with Gasteiger partial charge in [-0.15, -0.1) is 0 Å². The van der Waals surface area contributed by atoms with E-state index in [0.29, 0.717) is 47.7 Å². The Labute approximate surface area is 153 Å². The van der Waals surface area contributed by atoms with Gasteiger partial charge in [-0.05, 0) is 36.5 Å². The lowest BCUT2D eigenvalue weighted by atomic mass is 10.1. The number of fused-ring (bicyclic) bond motifs is 1. The van der Waals surface area contributed by atoms with E-state index in [2.05, 4.69) is 9.97 Å². The lowest BCUT2D eigenvalue weighted by Gasteiger charge is -2.36. The number of rotatable bonds is 2. The molecule has 2 N–H and O–H groups in total. The Morgan fingerprint density at radius 2 is 1.77 bits per heavy atom. The molecule has 1 aliphatic rings. The fourth-order valence-corrected chi connectivity index (χ4v) is 3.52. The molecule has 2 aromatic carbocycles. The van der Waals surface area contributed by atoms with Crippen molar-refractivity contribution in [3.05, 3.63) is 58.4 Å². The highest BCUT2D eigenvalue weighted by Crippen LogP contribution is 2.23. The summed E-state index contributed by atoms with van der Waals surface area (Å²) in [6.07, 6.45) is 0. The molecule has 1 amide bonds. The van der Waals surface area contributed by atoms with Gasteiger partial charge < -0.3 is 19.8 Å². The molecule has 4 rings (SSSR count). The Hall–Kier alpha value is -2.74. The van der Waals surface area contributed by atoms with E-state index < -0.39 is 5.82 Å². The number of para-hydroxylation sites is 1. The van der Waals surface area contributed by atoms with Crippen LogP contribution in [0.1, 0.15) is 10.4 Å². The molecule has 0 atom stereocenters. The molecule has 1 aromatic heterocycles. The molecule has 26 heavy (non-hydrogen) atoms. The molecule has 0 saturated carbocycles. The van der Waals surface area contributed by atoms with Crippen molar-refractivity contribution in [3.8, 4) is 0 Å². The van der Waals surface area contributed by atoms with Gasteiger partial charge in [-0.3, -0.25) is 4.79 Å². The Morgan fingerprint density at radius 3 is 2.50 bits per heavy atom. The predicted molar refractivity (Wildman–Crippen MR) is 98.0 cm³/mol. The van der Waals surface area contributed by atoms with Gasteiger partial charge >= 0.3 is 0 Å². The zero-order valence-corrected chi connectivity index (χ0v) is 14.6. The van der Waals surface area contributed by atoms with E-state index in [9.17, 15) is 13.6 Å². The average Bonchev–Trinajstić information content (AvgIpc) is 3.01. The van der Waals surface area contributed by atoms with Crippen molar-refractivity contribution in [2.75, 3.05) is 31.1 Å². The number of benzene rings is 2. The molecular weight excluding hydrogens is 358 g/mol. The highest BCUT2D eigenvalue weighted by Gasteiger charge is 2.25. The Morgan fingerprint density at radius 1 is 1.04 bits per heavy atom. The number of H-pyrrole nitrogens is 2. The summed E-state index contributed by atoms with van der Waals surface area (Å²) in [7, 11) is 0. The third-order valence-electron chi connectivity index (χ3n) is 4.58. The van der Waals surface area contributed by atoms with Gasteiger partial charge in [-0.2, -0.15) is 0 Å². The number of hydrogen-bond donors (Lipinski definition) is 2. The quantitative estimate of drug-likeness (QED) is 0.676. The Kier molecular flexibility index (Phi) is 4.20. The monoisotopic (exact) mass is 374 g/mol. The molecule has 134 valence electrons. The molecule has 1 fully saturated rings. The summed E-state index contributed by atoms with van der Waals surface area (Å²) in [5.74, 6) is -1.05. The lowest BCUT2D eigenvalue weighted by molar-refractivity contribution is 0.0748. The fraction of sp³-hybridized carbons (Fsp3) is 0.222. The maximum absolute atomic E-state index is 13.9. The van der Waals surface area contributed by atoms with Gasteiger partial charge in [0.15, 0.2) is 4.77 Å². The van der Waals surface area contributed by atoms with Gasteiger partial charge in [0.05, 0.1) is 22.3 Å². The number of carbonyl (C=O) groups excluding carboxylic acids is 1. The van der Waals surface area contributed by atoms with Gasteiger partial charge in [0.25, 0.3) is 5.91 Å². The number of piperazine rings is 1. The molecule has 1 saturated heterocycles. The number of amides is 1. The van der Waals surface area contributed by atoms with Crippen LogP contribution in [0, 0.1) is 16.4 Å². The highest BCUT2D eigenvalue weighted by atomic mass is 32.1. The summed E-state index contributed by atoms with van der Waals surface area (Å²) in [4.78, 5) is 22.2. The zero-order chi connectivity index (χ0) is 18.3. The number of carbonyl (C=O) groups is 1. The molecule has 1 aliphatic heterocycles. The van der Waals surface area contributed by atoms with Crippen molar-refractivity contribution in [2.24, 2.45) is 0 Å². The first-order valence-electron chi connectivity index (χ1n) is 8.23. The van der Waals surface area contributed by atoms with E-state index in [0.717, 1.165) is 0 Å². The van der Waals surface area contributed by atoms with Crippen molar-refractivity contribution in [1.29, 1.82) is 0 Å². The van der Waals surface area contributed by atoms with Crippen molar-refractivity contribution < 1.29 is 13.6 Å². The number of halogens is 2. The van der Waals surface area contributed by atoms with E-state index in [-0.39, 0.29) is 17.3 Å². The van der Waals surface area contributed by atoms with Crippen molar-refractivity contribution >= 4 is 34.8 Å². The Balaban J connectivity index is 1.56. The van der Waals surface area contributed by atoms with E-state index in [1.165, 1.54) is 18.2 Å². The number of imidazole rings is 1. The average molecular weight is 374 g/mol. The molecule has 8 heteroatoms. The van der Waals surface area contributed by atoms with Crippen LogP contribution in [0.15, 0.2) is 36.4 Å². The second-order valence-corrected chi connectivity index (χ2v) is 6.59. The largest absolute Gasteiger partial charge is 0.366 e. The standard InChI is InChI=1S/C18H16F2N4OS/c19-11-9-12(16-14(10-11)21-18(26)22-16)17(25)24-7-5-23(6-8-24)15-4-2-1-3-13(15)20/h1-4,9-10H,5-8H2,(H2,21,22,26). The lowest BCUT2D eigenvalue weighted by Crippen LogP contribution is -2.49. The summed E-state index contributed by atoms with van der Waals surface area (Å²) in [5, 5.41) is 0. The Bertz CT molecular complexity index is 1040. The van der Waals surface area contributed by atoms with E-state index in [1.807, 2.05) is 4.90 Å². The number of aromatic nitrogens is 2. The van der Waals surface area contributed by atoms with E-state index >= 15 is 0 Å². The van der Waals surface area contributed by atoms with E-state index in [4.69, 9.17) is 12.2 Å². The van der Waals surface area contributed by atoms with Crippen LogP contribution in [0.2, 0.25) is 0 Å². The first-order valence-corrected chi connectivity index (χ1v) is 8.64. The first-order chi connectivity index (χ1) is 12.5. The molecule has 2 heterocycles. The summed E-state index contributed by atoms with van der Waals surface area (Å²) in [5.41, 5.74) is 1.73. The van der Waals surface area contributed by atoms with Crippen LogP contribution in [-0.4, -0.2) is 47.0 Å². The molecule has 0 bridgehead atoms. The minimum Gasteiger partial charge on any atom is -0.366 e. The van der Waals surface area contributed by atoms with Crippen LogP contribution in [0.4, 0.5) is 14.5 Å². The fourth-order valence-electron chi connectivity index (χ4n) is 3.30. The van der Waals surface area contributed by atoms with Gasteiger partial charge in [0, 0.05) is 26.2 Å². The smallest absolute Gasteiger partial charge is 0.256 e. The number of hydrogen-bond acceptors (Lipinski definition) is 3. The van der Waals surface area contributed by atoms with E-state index in [1.54, 1.807) is 23.1 Å². The van der Waals surface area contributed by atoms with Crippen LogP contribution in [0.3, 0.4) is 0 Å². The maximum Gasteiger partial charge on any atom is 0.256 e. The van der Waals surface area contributed by atoms with Crippen LogP contribution in [0.25, 0.3) is 11.0 Å². The summed E-state index contributed by atoms with van der Waals surface area (Å²) in [6, 6.07) is 9.09. The van der Waals surface area contributed by atoms with Gasteiger partial charge in [0.1, 0.15) is 11.6 Å². The van der Waals surface area contributed by atoms with Crippen molar-refractivity contribution in [1.82, 2.24) is 14.9 Å². The van der Waals surface area contributed by atoms with Gasteiger partial charge in [-0.25, -0.2) is 8.78 Å². The molecular formula is C18H16F2N4OS. The third kappa shape index (κ3) is 2.96. The molecule has 3 aromatic rings. The molecule has 5 nitrogen and oxygen atoms in total. The minimum atomic E-state index is -0.504. The van der Waals surface area contributed by atoms with Gasteiger partial charge in [-0.1, -0.05) is 12.1 Å². The topological polar surface area (TPSA) is 55.1 Å². The minimum absolute atomic E-state index is 0.242. The molecule has 0 unspecified atom stereocenters. The normalized spacial score (nSPS) is 14.8. The summed E-state index contributed by atoms with van der Waals surface area (Å²) in [6.45, 7) is 1.87. The van der Waals surface area contributed by atoms with Gasteiger partial charge in [0.2, 0.25) is 0 Å². The molecule has 0 aliphatic carbocycles. The number of aromatic amines is 2.